The first-order valence-electron chi connectivity index (χ1n) is 10.1. The lowest BCUT2D eigenvalue weighted by molar-refractivity contribution is 0.520. The maximum Gasteiger partial charge on any atom is 0.0676 e. The van der Waals surface area contributed by atoms with E-state index in [1.165, 1.54) is 33.4 Å². The van der Waals surface area contributed by atoms with Crippen molar-refractivity contribution in [1.29, 1.82) is 0 Å². The summed E-state index contributed by atoms with van der Waals surface area (Å²) in [5.41, 5.74) is 14.2. The minimum Gasteiger partial charge on any atom is -0.322 e. The molecule has 2 aliphatic carbocycles. The van der Waals surface area contributed by atoms with Gasteiger partial charge in [0.2, 0.25) is 0 Å². The normalized spacial score (nSPS) is 22.5. The van der Waals surface area contributed by atoms with Crippen molar-refractivity contribution in [3.05, 3.63) is 125 Å². The summed E-state index contributed by atoms with van der Waals surface area (Å²) in [5.74, 6) is 0. The number of fused-ring (bicyclic) bond motifs is 2. The van der Waals surface area contributed by atoms with Crippen molar-refractivity contribution in [1.82, 2.24) is 0 Å². The summed E-state index contributed by atoms with van der Waals surface area (Å²) in [6.45, 7) is 2.13. The number of rotatable bonds is 2. The third-order valence-corrected chi connectivity index (χ3v) is 6.36. The molecule has 2 aliphatic rings. The molecule has 0 aromatic heterocycles. The van der Waals surface area contributed by atoms with Crippen LogP contribution in [0.5, 0.6) is 0 Å². The highest BCUT2D eigenvalue weighted by molar-refractivity contribution is 5.90. The van der Waals surface area contributed by atoms with Gasteiger partial charge in [-0.05, 0) is 53.2 Å². The van der Waals surface area contributed by atoms with Crippen LogP contribution in [0.2, 0.25) is 0 Å². The first-order valence-corrected chi connectivity index (χ1v) is 10.1. The summed E-state index contributed by atoms with van der Waals surface area (Å²) in [6, 6.07) is 30.8. The molecule has 0 amide bonds. The average molecular weight is 364 g/mol. The van der Waals surface area contributed by atoms with Gasteiger partial charge >= 0.3 is 0 Å². The zero-order valence-electron chi connectivity index (χ0n) is 16.2. The van der Waals surface area contributed by atoms with E-state index in [4.69, 9.17) is 5.73 Å². The van der Waals surface area contributed by atoms with Crippen molar-refractivity contribution in [2.24, 2.45) is 5.73 Å². The number of benzene rings is 3. The molecule has 5 rings (SSSR count). The Labute approximate surface area is 167 Å². The number of allylic oxidation sites excluding steroid dienone is 3. The number of nitrogens with two attached hydrogens (primary N) is 1. The Balaban J connectivity index is 1.89. The van der Waals surface area contributed by atoms with Gasteiger partial charge in [-0.2, -0.15) is 0 Å². The van der Waals surface area contributed by atoms with Crippen LogP contribution in [0.1, 0.15) is 42.0 Å². The lowest BCUT2D eigenvalue weighted by Crippen LogP contribution is -2.35. The molecule has 1 unspecified atom stereocenters. The Hall–Kier alpha value is -2.90. The summed E-state index contributed by atoms with van der Waals surface area (Å²) in [4.78, 5) is 0. The Morgan fingerprint density at radius 1 is 0.750 bits per heavy atom. The van der Waals surface area contributed by atoms with Gasteiger partial charge in [-0.1, -0.05) is 97.1 Å². The van der Waals surface area contributed by atoms with Crippen molar-refractivity contribution in [2.45, 2.75) is 30.7 Å². The van der Waals surface area contributed by atoms with Gasteiger partial charge < -0.3 is 5.73 Å². The lowest BCUT2D eigenvalue weighted by Gasteiger charge is -2.36. The predicted molar refractivity (Wildman–Crippen MR) is 117 cm³/mol. The van der Waals surface area contributed by atoms with E-state index in [0.29, 0.717) is 0 Å². The fraction of sp³-hybridized carbons (Fsp3) is 0.185. The van der Waals surface area contributed by atoms with Gasteiger partial charge in [0.15, 0.2) is 0 Å². The summed E-state index contributed by atoms with van der Waals surface area (Å²) in [5, 5.41) is 0. The molecule has 2 N–H and O–H groups in total. The van der Waals surface area contributed by atoms with Gasteiger partial charge in [0.1, 0.15) is 0 Å². The smallest absolute Gasteiger partial charge is 0.0676 e. The van der Waals surface area contributed by atoms with Crippen LogP contribution in [0.15, 0.2) is 103 Å². The van der Waals surface area contributed by atoms with Crippen LogP contribution in [-0.4, -0.2) is 5.54 Å². The molecule has 0 fully saturated rings. The van der Waals surface area contributed by atoms with Gasteiger partial charge in [0.25, 0.3) is 0 Å². The Morgan fingerprint density at radius 2 is 1.32 bits per heavy atom. The highest BCUT2D eigenvalue weighted by Gasteiger charge is 2.47. The maximum absolute atomic E-state index is 6.55. The molecule has 0 saturated heterocycles. The van der Waals surface area contributed by atoms with E-state index in [-0.39, 0.29) is 11.0 Å². The number of hydrogen-bond donors (Lipinski definition) is 1. The average Bonchev–Trinajstić information content (AvgIpc) is 2.92. The highest BCUT2D eigenvalue weighted by Crippen LogP contribution is 2.56. The Kier molecular flexibility index (Phi) is 3.89. The molecule has 1 nitrogen and oxygen atoms in total. The first kappa shape index (κ1) is 17.2. The van der Waals surface area contributed by atoms with Crippen molar-refractivity contribution in [3.63, 3.8) is 0 Å². The van der Waals surface area contributed by atoms with Crippen LogP contribution in [0.25, 0.3) is 5.57 Å². The van der Waals surface area contributed by atoms with Gasteiger partial charge in [-0.3, -0.25) is 0 Å². The molecule has 3 aromatic rings. The molecule has 0 bridgehead atoms. The molecule has 0 aliphatic heterocycles. The quantitative estimate of drug-likeness (QED) is 0.607. The van der Waals surface area contributed by atoms with Gasteiger partial charge in [-0.25, -0.2) is 0 Å². The second kappa shape index (κ2) is 6.32. The van der Waals surface area contributed by atoms with Gasteiger partial charge in [-0.15, -0.1) is 0 Å². The van der Waals surface area contributed by atoms with E-state index in [1.54, 1.807) is 0 Å². The predicted octanol–water partition coefficient (Wildman–Crippen LogP) is 5.86. The topological polar surface area (TPSA) is 26.0 Å². The van der Waals surface area contributed by atoms with Crippen molar-refractivity contribution in [2.75, 3.05) is 0 Å². The SMILES string of the molecule is CC1(N)C=CC2=C(CC1)C(c1ccccc1)(c1ccccc1)c1ccccc12. The summed E-state index contributed by atoms with van der Waals surface area (Å²) in [6.07, 6.45) is 6.39. The van der Waals surface area contributed by atoms with Gasteiger partial charge in [0.05, 0.1) is 5.41 Å². The van der Waals surface area contributed by atoms with Crippen LogP contribution in [0, 0.1) is 0 Å². The van der Waals surface area contributed by atoms with E-state index in [1.807, 2.05) is 0 Å². The molecule has 1 heteroatoms. The molecule has 28 heavy (non-hydrogen) atoms. The second-order valence-electron chi connectivity index (χ2n) is 8.26. The van der Waals surface area contributed by atoms with E-state index in [0.717, 1.165) is 12.8 Å². The van der Waals surface area contributed by atoms with Crippen LogP contribution in [-0.2, 0) is 5.41 Å². The maximum atomic E-state index is 6.55. The third kappa shape index (κ3) is 2.43. The van der Waals surface area contributed by atoms with Crippen molar-refractivity contribution in [3.8, 4) is 0 Å². The molecule has 3 aromatic carbocycles. The first-order chi connectivity index (χ1) is 13.6. The lowest BCUT2D eigenvalue weighted by atomic mass is 9.65. The summed E-state index contributed by atoms with van der Waals surface area (Å²) in [7, 11) is 0. The summed E-state index contributed by atoms with van der Waals surface area (Å²) >= 11 is 0. The van der Waals surface area contributed by atoms with Crippen LogP contribution >= 0.6 is 0 Å². The largest absolute Gasteiger partial charge is 0.322 e. The number of hydrogen-bond acceptors (Lipinski definition) is 1. The van der Waals surface area contributed by atoms with Crippen molar-refractivity contribution >= 4 is 5.57 Å². The van der Waals surface area contributed by atoms with Crippen LogP contribution in [0.3, 0.4) is 0 Å². The molecule has 1 atom stereocenters. The zero-order valence-corrected chi connectivity index (χ0v) is 16.2. The standard InChI is InChI=1S/C27H25N/c1-26(28)18-16-23-22-14-8-9-15-24(22)27(25(23)17-19-26,20-10-4-2-5-11-20)21-12-6-3-7-13-21/h2-16,18H,17,19,28H2,1H3. The molecular weight excluding hydrogens is 338 g/mol. The van der Waals surface area contributed by atoms with E-state index in [2.05, 4.69) is 104 Å². The van der Waals surface area contributed by atoms with Crippen molar-refractivity contribution < 1.29 is 0 Å². The van der Waals surface area contributed by atoms with E-state index < -0.39 is 0 Å². The Bertz CT molecular complexity index is 1030. The fourth-order valence-corrected chi connectivity index (χ4v) is 5.04. The molecular formula is C27H25N. The second-order valence-corrected chi connectivity index (χ2v) is 8.26. The van der Waals surface area contributed by atoms with Crippen LogP contribution < -0.4 is 5.73 Å². The molecule has 0 heterocycles. The van der Waals surface area contributed by atoms with E-state index in [9.17, 15) is 0 Å². The molecule has 0 radical (unpaired) electrons. The zero-order chi connectivity index (χ0) is 19.2. The Morgan fingerprint density at radius 3 is 1.96 bits per heavy atom. The summed E-state index contributed by atoms with van der Waals surface area (Å²) < 4.78 is 0. The molecule has 138 valence electrons. The monoisotopic (exact) mass is 363 g/mol. The third-order valence-electron chi connectivity index (χ3n) is 6.36. The minimum absolute atomic E-state index is 0.265. The molecule has 0 spiro atoms. The molecule has 0 saturated carbocycles. The minimum atomic E-state index is -0.279. The van der Waals surface area contributed by atoms with Gasteiger partial charge in [0, 0.05) is 5.54 Å². The van der Waals surface area contributed by atoms with Crippen LogP contribution in [0.4, 0.5) is 0 Å². The van der Waals surface area contributed by atoms with E-state index >= 15 is 0 Å². The fourth-order valence-electron chi connectivity index (χ4n) is 5.04. The highest BCUT2D eigenvalue weighted by atomic mass is 14.7.